The van der Waals surface area contributed by atoms with Gasteiger partial charge in [-0.2, -0.15) is 0 Å². The molecule has 2 aromatic carbocycles. The minimum absolute atomic E-state index is 0.0119. The molecule has 0 unspecified atom stereocenters. The number of benzene rings is 2. The first-order valence-electron chi connectivity index (χ1n) is 8.44. The molecule has 0 aliphatic heterocycles. The smallest absolute Gasteiger partial charge is 0.269 e. The van der Waals surface area contributed by atoms with Crippen LogP contribution in [0.3, 0.4) is 0 Å². The summed E-state index contributed by atoms with van der Waals surface area (Å²) in [6, 6.07) is 13.9. The van der Waals surface area contributed by atoms with Crippen LogP contribution in [-0.2, 0) is 10.0 Å². The van der Waals surface area contributed by atoms with Gasteiger partial charge in [0.2, 0.25) is 9.47 Å². The highest BCUT2D eigenvalue weighted by atomic mass is 35.5. The van der Waals surface area contributed by atoms with Crippen LogP contribution < -0.4 is 14.8 Å². The Morgan fingerprint density at radius 3 is 2.62 bits per heavy atom. The first-order chi connectivity index (χ1) is 13.9. The van der Waals surface area contributed by atoms with Gasteiger partial charge in [0.15, 0.2) is 0 Å². The van der Waals surface area contributed by atoms with Gasteiger partial charge < -0.3 is 4.74 Å². The second kappa shape index (κ2) is 9.31. The van der Waals surface area contributed by atoms with E-state index in [-0.39, 0.29) is 28.5 Å². The minimum atomic E-state index is -3.88. The summed E-state index contributed by atoms with van der Waals surface area (Å²) in [5.41, 5.74) is 1.27. The number of carbonyl (C=O) groups is 1. The van der Waals surface area contributed by atoms with Gasteiger partial charge in [-0.25, -0.2) is 13.1 Å². The summed E-state index contributed by atoms with van der Waals surface area (Å²) in [6.45, 7) is 1.90. The Balaban J connectivity index is 1.56. The van der Waals surface area contributed by atoms with E-state index in [1.165, 1.54) is 0 Å². The molecule has 0 aliphatic carbocycles. The number of hydrogen-bond acceptors (Lipinski definition) is 7. The SMILES string of the molecule is Cc1ccccc1C(=O)Nc1nnc(S(=O)(=O)NCCOc2ccccc2Cl)s1. The molecule has 1 heterocycles. The van der Waals surface area contributed by atoms with Gasteiger partial charge in [0.1, 0.15) is 12.4 Å². The molecular weight excluding hydrogens is 436 g/mol. The fraction of sp³-hybridized carbons (Fsp3) is 0.167. The summed E-state index contributed by atoms with van der Waals surface area (Å²) in [5, 5.41) is 10.5. The number of aromatic nitrogens is 2. The van der Waals surface area contributed by atoms with Gasteiger partial charge in [-0.05, 0) is 30.7 Å². The van der Waals surface area contributed by atoms with Crippen molar-refractivity contribution >= 4 is 44.0 Å². The summed E-state index contributed by atoms with van der Waals surface area (Å²) in [6.07, 6.45) is 0. The minimum Gasteiger partial charge on any atom is -0.491 e. The number of para-hydroxylation sites is 1. The van der Waals surface area contributed by atoms with Crippen LogP contribution in [0.2, 0.25) is 5.02 Å². The summed E-state index contributed by atoms with van der Waals surface area (Å²) < 4.78 is 32.2. The molecule has 3 aromatic rings. The maximum atomic E-state index is 12.3. The van der Waals surface area contributed by atoms with Crippen LogP contribution in [-0.4, -0.2) is 37.7 Å². The number of ether oxygens (including phenoxy) is 1. The van der Waals surface area contributed by atoms with E-state index >= 15 is 0 Å². The number of nitrogens with zero attached hydrogens (tertiary/aromatic N) is 2. The molecule has 152 valence electrons. The number of hydrogen-bond donors (Lipinski definition) is 2. The molecule has 8 nitrogen and oxygen atoms in total. The number of carbonyl (C=O) groups excluding carboxylic acids is 1. The topological polar surface area (TPSA) is 110 Å². The van der Waals surface area contributed by atoms with E-state index in [0.717, 1.165) is 16.9 Å². The number of rotatable bonds is 8. The molecule has 1 aromatic heterocycles. The number of aryl methyl sites for hydroxylation is 1. The fourth-order valence-electron chi connectivity index (χ4n) is 2.32. The molecular formula is C18H17ClN4O4S2. The largest absolute Gasteiger partial charge is 0.491 e. The second-order valence-electron chi connectivity index (χ2n) is 5.82. The zero-order valence-electron chi connectivity index (χ0n) is 15.3. The van der Waals surface area contributed by atoms with Crippen LogP contribution in [0.4, 0.5) is 5.13 Å². The van der Waals surface area contributed by atoms with Crippen LogP contribution in [0.5, 0.6) is 5.75 Å². The lowest BCUT2D eigenvalue weighted by Crippen LogP contribution is -2.28. The van der Waals surface area contributed by atoms with Gasteiger partial charge >= 0.3 is 0 Å². The van der Waals surface area contributed by atoms with Crippen LogP contribution in [0.1, 0.15) is 15.9 Å². The summed E-state index contributed by atoms with van der Waals surface area (Å²) >= 11 is 6.73. The zero-order chi connectivity index (χ0) is 20.9. The number of sulfonamides is 1. The van der Waals surface area contributed by atoms with Crippen molar-refractivity contribution in [2.24, 2.45) is 0 Å². The standard InChI is InChI=1S/C18H17ClN4O4S2/c1-12-6-2-3-7-13(12)16(24)21-17-22-23-18(28-17)29(25,26)20-10-11-27-15-9-5-4-8-14(15)19/h2-9,20H,10-11H2,1H3,(H,21,22,24). The van der Waals surface area contributed by atoms with E-state index < -0.39 is 10.0 Å². The Kier molecular flexibility index (Phi) is 6.80. The maximum absolute atomic E-state index is 12.3. The van der Waals surface area contributed by atoms with Crippen molar-refractivity contribution in [1.82, 2.24) is 14.9 Å². The molecule has 2 N–H and O–H groups in total. The zero-order valence-corrected chi connectivity index (χ0v) is 17.6. The average Bonchev–Trinajstić information content (AvgIpc) is 3.16. The van der Waals surface area contributed by atoms with Crippen molar-refractivity contribution in [1.29, 1.82) is 0 Å². The molecule has 0 radical (unpaired) electrons. The number of nitrogens with one attached hydrogen (secondary N) is 2. The van der Waals surface area contributed by atoms with Gasteiger partial charge in [-0.3, -0.25) is 10.1 Å². The molecule has 0 fully saturated rings. The molecule has 3 rings (SSSR count). The second-order valence-corrected chi connectivity index (χ2v) is 9.14. The molecule has 1 amide bonds. The van der Waals surface area contributed by atoms with Crippen molar-refractivity contribution in [2.45, 2.75) is 11.3 Å². The van der Waals surface area contributed by atoms with E-state index in [1.54, 1.807) is 49.4 Å². The number of anilines is 1. The van der Waals surface area contributed by atoms with E-state index in [2.05, 4.69) is 20.2 Å². The Bertz CT molecular complexity index is 1120. The Labute approximate surface area is 176 Å². The number of amides is 1. The van der Waals surface area contributed by atoms with Crippen LogP contribution in [0.25, 0.3) is 0 Å². The lowest BCUT2D eigenvalue weighted by molar-refractivity contribution is 0.102. The van der Waals surface area contributed by atoms with Gasteiger partial charge in [-0.1, -0.05) is 53.3 Å². The normalized spacial score (nSPS) is 11.2. The Hall–Kier alpha value is -2.53. The quantitative estimate of drug-likeness (QED) is 0.401. The summed E-state index contributed by atoms with van der Waals surface area (Å²) in [4.78, 5) is 12.3. The third-order valence-corrected chi connectivity index (χ3v) is 6.71. The van der Waals surface area contributed by atoms with Crippen LogP contribution in [0, 0.1) is 6.92 Å². The molecule has 0 aliphatic rings. The predicted octanol–water partition coefficient (Wildman–Crippen LogP) is 3.11. The average molecular weight is 453 g/mol. The lowest BCUT2D eigenvalue weighted by atomic mass is 10.1. The molecule has 0 spiro atoms. The highest BCUT2D eigenvalue weighted by Crippen LogP contribution is 2.23. The molecule has 0 atom stereocenters. The highest BCUT2D eigenvalue weighted by Gasteiger charge is 2.21. The van der Waals surface area contributed by atoms with Crippen LogP contribution in [0.15, 0.2) is 52.9 Å². The van der Waals surface area contributed by atoms with Gasteiger partial charge in [0.25, 0.3) is 15.9 Å². The van der Waals surface area contributed by atoms with E-state index in [4.69, 9.17) is 16.3 Å². The van der Waals surface area contributed by atoms with Crippen molar-refractivity contribution in [3.8, 4) is 5.75 Å². The predicted molar refractivity (Wildman–Crippen MR) is 111 cm³/mol. The van der Waals surface area contributed by atoms with Gasteiger partial charge in [0, 0.05) is 12.1 Å². The van der Waals surface area contributed by atoms with Gasteiger partial charge in [0.05, 0.1) is 5.02 Å². The molecule has 29 heavy (non-hydrogen) atoms. The summed E-state index contributed by atoms with van der Waals surface area (Å²) in [5.74, 6) is 0.0785. The van der Waals surface area contributed by atoms with Crippen molar-refractivity contribution in [3.63, 3.8) is 0 Å². The Morgan fingerprint density at radius 2 is 1.86 bits per heavy atom. The molecule has 0 bridgehead atoms. The first kappa shape index (κ1) is 21.2. The summed E-state index contributed by atoms with van der Waals surface area (Å²) in [7, 11) is -3.88. The van der Waals surface area contributed by atoms with Crippen molar-refractivity contribution in [2.75, 3.05) is 18.5 Å². The fourth-order valence-corrected chi connectivity index (χ4v) is 4.46. The van der Waals surface area contributed by atoms with E-state index in [1.807, 2.05) is 6.07 Å². The maximum Gasteiger partial charge on any atom is 0.269 e. The monoisotopic (exact) mass is 452 g/mol. The highest BCUT2D eigenvalue weighted by molar-refractivity contribution is 7.91. The van der Waals surface area contributed by atoms with E-state index in [0.29, 0.717) is 16.3 Å². The van der Waals surface area contributed by atoms with Crippen LogP contribution >= 0.6 is 22.9 Å². The third kappa shape index (κ3) is 5.51. The van der Waals surface area contributed by atoms with Gasteiger partial charge in [-0.15, -0.1) is 10.2 Å². The number of halogens is 1. The molecule has 0 saturated heterocycles. The van der Waals surface area contributed by atoms with Crippen molar-refractivity contribution < 1.29 is 17.9 Å². The lowest BCUT2D eigenvalue weighted by Gasteiger charge is -2.08. The van der Waals surface area contributed by atoms with Crippen molar-refractivity contribution in [3.05, 3.63) is 64.7 Å². The third-order valence-electron chi connectivity index (χ3n) is 3.73. The molecule has 11 heteroatoms. The molecule has 0 saturated carbocycles. The first-order valence-corrected chi connectivity index (χ1v) is 11.1. The van der Waals surface area contributed by atoms with E-state index in [9.17, 15) is 13.2 Å². The Morgan fingerprint density at radius 1 is 1.14 bits per heavy atom.